The van der Waals surface area contributed by atoms with Crippen LogP contribution in [0.25, 0.3) is 11.3 Å². The lowest BCUT2D eigenvalue weighted by atomic mass is 9.92. The van der Waals surface area contributed by atoms with Gasteiger partial charge in [-0.25, -0.2) is 0 Å². The van der Waals surface area contributed by atoms with Gasteiger partial charge in [0.15, 0.2) is 12.6 Å². The number of anilines is 1. The minimum atomic E-state index is -0.236. The normalized spacial score (nSPS) is 17.6. The Morgan fingerprint density at radius 1 is 1.29 bits per heavy atom. The molecule has 4 rings (SSSR count). The molecule has 2 heterocycles. The minimum Gasteiger partial charge on any atom is -0.467 e. The van der Waals surface area contributed by atoms with Crippen molar-refractivity contribution in [2.75, 3.05) is 26.2 Å². The molecule has 1 aliphatic heterocycles. The van der Waals surface area contributed by atoms with E-state index >= 15 is 0 Å². The molecule has 0 amide bonds. The van der Waals surface area contributed by atoms with E-state index < -0.39 is 0 Å². The van der Waals surface area contributed by atoms with Crippen molar-refractivity contribution < 1.29 is 14.2 Å². The molecule has 1 spiro atoms. The second kappa shape index (κ2) is 5.72. The Labute approximate surface area is 140 Å². The number of hydrogen-bond acceptors (Lipinski definition) is 6. The van der Waals surface area contributed by atoms with Crippen LogP contribution in [0.3, 0.4) is 0 Å². The Hall–Kier alpha value is -2.18. The second-order valence-corrected chi connectivity index (χ2v) is 6.43. The Kier molecular flexibility index (Phi) is 3.66. The van der Waals surface area contributed by atoms with Crippen LogP contribution in [-0.2, 0) is 21.5 Å². The third kappa shape index (κ3) is 2.42. The Morgan fingerprint density at radius 2 is 2.12 bits per heavy atom. The third-order valence-electron chi connectivity index (χ3n) is 4.72. The quantitative estimate of drug-likeness (QED) is 0.870. The zero-order valence-electron chi connectivity index (χ0n) is 14.0. The number of hydrogen-bond donors (Lipinski definition) is 1. The topological polar surface area (TPSA) is 79.5 Å². The van der Waals surface area contributed by atoms with Crippen LogP contribution in [0.15, 0.2) is 18.2 Å². The van der Waals surface area contributed by atoms with E-state index in [0.29, 0.717) is 12.4 Å². The van der Waals surface area contributed by atoms with Gasteiger partial charge in [0.05, 0.1) is 12.2 Å². The van der Waals surface area contributed by atoms with Gasteiger partial charge in [-0.05, 0) is 49.4 Å². The van der Waals surface area contributed by atoms with Crippen molar-refractivity contribution in [3.05, 3.63) is 34.9 Å². The summed E-state index contributed by atoms with van der Waals surface area (Å²) >= 11 is 0. The average Bonchev–Trinajstić information content (AvgIpc) is 3.34. The minimum absolute atomic E-state index is 0.189. The lowest BCUT2D eigenvalue weighted by molar-refractivity contribution is 0.0201. The van der Waals surface area contributed by atoms with Gasteiger partial charge in [0, 0.05) is 18.2 Å². The molecule has 1 fully saturated rings. The molecule has 1 aliphatic carbocycles. The Morgan fingerprint density at radius 3 is 2.88 bits per heavy atom. The Bertz CT molecular complexity index is 787. The van der Waals surface area contributed by atoms with Crippen LogP contribution >= 0.6 is 0 Å². The van der Waals surface area contributed by atoms with E-state index in [1.54, 1.807) is 7.11 Å². The van der Waals surface area contributed by atoms with Crippen molar-refractivity contribution in [1.82, 2.24) is 10.2 Å². The number of aryl methyl sites for hydroxylation is 1. The molecular formula is C18H21N3O3. The van der Waals surface area contributed by atoms with Gasteiger partial charge in [-0.1, -0.05) is 6.07 Å². The maximum absolute atomic E-state index is 6.14. The van der Waals surface area contributed by atoms with Gasteiger partial charge < -0.3 is 19.9 Å². The molecule has 126 valence electrons. The van der Waals surface area contributed by atoms with Crippen LogP contribution in [0.4, 0.5) is 5.82 Å². The average molecular weight is 327 g/mol. The molecule has 6 nitrogen and oxygen atoms in total. The molecule has 1 saturated carbocycles. The summed E-state index contributed by atoms with van der Waals surface area (Å²) in [4.78, 5) is 0. The van der Waals surface area contributed by atoms with Crippen molar-refractivity contribution in [2.24, 2.45) is 0 Å². The number of rotatable bonds is 4. The van der Waals surface area contributed by atoms with Gasteiger partial charge in [0.1, 0.15) is 11.4 Å². The van der Waals surface area contributed by atoms with Crippen molar-refractivity contribution in [1.29, 1.82) is 0 Å². The van der Waals surface area contributed by atoms with Crippen molar-refractivity contribution in [3.8, 4) is 17.0 Å². The molecule has 0 atom stereocenters. The fourth-order valence-corrected chi connectivity index (χ4v) is 3.45. The van der Waals surface area contributed by atoms with Gasteiger partial charge in [-0.2, -0.15) is 0 Å². The highest BCUT2D eigenvalue weighted by atomic mass is 16.7. The zero-order valence-corrected chi connectivity index (χ0v) is 14.0. The molecule has 0 unspecified atom stereocenters. The summed E-state index contributed by atoms with van der Waals surface area (Å²) in [6, 6.07) is 6.06. The smallest absolute Gasteiger partial charge is 0.188 e. The lowest BCUT2D eigenvalue weighted by Gasteiger charge is -2.28. The van der Waals surface area contributed by atoms with E-state index in [-0.39, 0.29) is 12.4 Å². The van der Waals surface area contributed by atoms with Gasteiger partial charge in [-0.3, -0.25) is 0 Å². The maximum Gasteiger partial charge on any atom is 0.188 e. The fraction of sp³-hybridized carbons (Fsp3) is 0.444. The third-order valence-corrected chi connectivity index (χ3v) is 4.72. The highest BCUT2D eigenvalue weighted by molar-refractivity contribution is 5.74. The first-order valence-corrected chi connectivity index (χ1v) is 8.17. The molecule has 24 heavy (non-hydrogen) atoms. The fourth-order valence-electron chi connectivity index (χ4n) is 3.45. The molecule has 2 aromatic rings. The van der Waals surface area contributed by atoms with Gasteiger partial charge >= 0.3 is 0 Å². The number of nitrogens with two attached hydrogens (primary N) is 1. The number of methoxy groups -OCH3 is 1. The number of aromatic nitrogens is 2. The van der Waals surface area contributed by atoms with E-state index in [1.807, 2.05) is 25.1 Å². The van der Waals surface area contributed by atoms with E-state index in [4.69, 9.17) is 19.9 Å². The predicted octanol–water partition coefficient (Wildman–Crippen LogP) is 2.58. The van der Waals surface area contributed by atoms with Crippen LogP contribution in [0.1, 0.15) is 29.5 Å². The first-order chi connectivity index (χ1) is 11.6. The lowest BCUT2D eigenvalue weighted by Crippen LogP contribution is -2.26. The van der Waals surface area contributed by atoms with Crippen LogP contribution in [0.5, 0.6) is 5.75 Å². The second-order valence-electron chi connectivity index (χ2n) is 6.43. The molecule has 2 aliphatic rings. The molecule has 2 N–H and O–H groups in total. The predicted molar refractivity (Wildman–Crippen MR) is 89.7 cm³/mol. The van der Waals surface area contributed by atoms with E-state index in [2.05, 4.69) is 10.2 Å². The molecule has 1 aromatic heterocycles. The van der Waals surface area contributed by atoms with E-state index in [1.165, 1.54) is 0 Å². The van der Waals surface area contributed by atoms with Crippen LogP contribution in [0, 0.1) is 6.92 Å². The molecular weight excluding hydrogens is 306 g/mol. The summed E-state index contributed by atoms with van der Waals surface area (Å²) in [5, 5.41) is 8.61. The number of fused-ring (bicyclic) bond motifs is 2. The molecule has 1 aromatic carbocycles. The number of ether oxygens (including phenoxy) is 3. The highest BCUT2D eigenvalue weighted by Crippen LogP contribution is 2.55. The zero-order chi connectivity index (χ0) is 16.7. The largest absolute Gasteiger partial charge is 0.467 e. The first kappa shape index (κ1) is 15.4. The van der Waals surface area contributed by atoms with Gasteiger partial charge in [0.2, 0.25) is 0 Å². The monoisotopic (exact) mass is 327 g/mol. The Balaban J connectivity index is 1.86. The highest BCUT2D eigenvalue weighted by Gasteiger charge is 2.51. The van der Waals surface area contributed by atoms with Crippen molar-refractivity contribution in [2.45, 2.75) is 31.8 Å². The summed E-state index contributed by atoms with van der Waals surface area (Å²) in [6.45, 7) is 2.90. The summed E-state index contributed by atoms with van der Waals surface area (Å²) in [5.74, 6) is 1.23. The van der Waals surface area contributed by atoms with E-state index in [9.17, 15) is 0 Å². The summed E-state index contributed by atoms with van der Waals surface area (Å²) in [6.07, 6.45) is 2.77. The van der Waals surface area contributed by atoms with Crippen LogP contribution in [-0.4, -0.2) is 30.7 Å². The van der Waals surface area contributed by atoms with Gasteiger partial charge in [0.25, 0.3) is 0 Å². The summed E-state index contributed by atoms with van der Waals surface area (Å²) < 4.78 is 16.8. The van der Waals surface area contributed by atoms with Crippen LogP contribution < -0.4 is 10.5 Å². The standard InChI is InChI=1S/C18H21N3O3/c1-11-3-4-12(14(9-11)23-10-22-2)16-13-5-8-24-18(6-7-18)15(13)17(19)21-20-16/h3-4,9H,5-8,10H2,1-2H3,(H2,19,21). The molecule has 0 saturated heterocycles. The molecule has 0 radical (unpaired) electrons. The SMILES string of the molecule is COCOc1cc(C)ccc1-c1nnc(N)c2c1CCOC21CC1. The first-order valence-electron chi connectivity index (χ1n) is 8.17. The summed E-state index contributed by atoms with van der Waals surface area (Å²) in [7, 11) is 1.61. The van der Waals surface area contributed by atoms with E-state index in [0.717, 1.165) is 53.0 Å². The number of benzene rings is 1. The van der Waals surface area contributed by atoms with Crippen molar-refractivity contribution >= 4 is 5.82 Å². The van der Waals surface area contributed by atoms with Gasteiger partial charge in [-0.15, -0.1) is 10.2 Å². The summed E-state index contributed by atoms with van der Waals surface area (Å²) in [5.41, 5.74) is 10.9. The van der Waals surface area contributed by atoms with Crippen molar-refractivity contribution in [3.63, 3.8) is 0 Å². The number of nitrogen functional groups attached to an aromatic ring is 1. The van der Waals surface area contributed by atoms with Crippen LogP contribution in [0.2, 0.25) is 0 Å². The molecule has 6 heteroatoms. The molecule has 0 bridgehead atoms. The number of nitrogens with zero attached hydrogens (tertiary/aromatic N) is 2. The maximum atomic E-state index is 6.14.